The quantitative estimate of drug-likeness (QED) is 0.761. The lowest BCUT2D eigenvalue weighted by atomic mass is 10.2. The van der Waals surface area contributed by atoms with Crippen molar-refractivity contribution in [3.63, 3.8) is 0 Å². The molecule has 3 amide bonds. The maximum absolute atomic E-state index is 12.3. The van der Waals surface area contributed by atoms with E-state index in [1.165, 1.54) is 16.7 Å². The van der Waals surface area contributed by atoms with E-state index in [0.717, 1.165) is 0 Å². The first kappa shape index (κ1) is 19.5. The molecule has 0 spiro atoms. The maximum atomic E-state index is 12.3. The molecule has 138 valence electrons. The Labute approximate surface area is 155 Å². The molecule has 2 aromatic rings. The van der Waals surface area contributed by atoms with Gasteiger partial charge in [0.25, 0.3) is 0 Å². The van der Waals surface area contributed by atoms with E-state index in [4.69, 9.17) is 10.3 Å². The molecule has 1 atom stereocenters. The van der Waals surface area contributed by atoms with Gasteiger partial charge in [0, 0.05) is 24.4 Å². The number of amides is 3. The summed E-state index contributed by atoms with van der Waals surface area (Å²) in [6, 6.07) is 8.02. The second-order valence-electron chi connectivity index (χ2n) is 5.63. The fourth-order valence-electron chi connectivity index (χ4n) is 2.02. The van der Waals surface area contributed by atoms with E-state index in [-0.39, 0.29) is 17.6 Å². The van der Waals surface area contributed by atoms with Gasteiger partial charge in [-0.2, -0.15) is 0 Å². The van der Waals surface area contributed by atoms with E-state index in [9.17, 15) is 14.4 Å². The molecule has 2 rings (SSSR count). The first-order valence-corrected chi connectivity index (χ1v) is 8.85. The topological polar surface area (TPSA) is 119 Å². The minimum Gasteiger partial charge on any atom is -0.366 e. The largest absolute Gasteiger partial charge is 0.366 e. The molecule has 0 saturated carbocycles. The summed E-state index contributed by atoms with van der Waals surface area (Å²) in [5.41, 5.74) is 6.20. The van der Waals surface area contributed by atoms with E-state index < -0.39 is 11.2 Å². The van der Waals surface area contributed by atoms with Gasteiger partial charge < -0.3 is 20.5 Å². The number of hydrogen-bond acceptors (Lipinski definition) is 6. The number of nitrogens with two attached hydrogens (primary N) is 1. The van der Waals surface area contributed by atoms with Crippen LogP contribution in [0, 0.1) is 6.92 Å². The normalized spacial score (nSPS) is 11.7. The summed E-state index contributed by atoms with van der Waals surface area (Å²) in [5.74, 6) is 0.116. The van der Waals surface area contributed by atoms with Crippen molar-refractivity contribution in [2.45, 2.75) is 19.1 Å². The van der Waals surface area contributed by atoms with Gasteiger partial charge in [0.1, 0.15) is 5.76 Å². The van der Waals surface area contributed by atoms with Crippen LogP contribution in [0.3, 0.4) is 0 Å². The number of rotatable bonds is 7. The van der Waals surface area contributed by atoms with Gasteiger partial charge in [0.2, 0.25) is 17.7 Å². The number of hydrogen-bond donors (Lipinski definition) is 2. The van der Waals surface area contributed by atoms with E-state index >= 15 is 0 Å². The minimum absolute atomic E-state index is 0.125. The van der Waals surface area contributed by atoms with Crippen LogP contribution in [-0.4, -0.2) is 40.9 Å². The average molecular weight is 376 g/mol. The highest BCUT2D eigenvalue weighted by molar-refractivity contribution is 8.01. The molecule has 0 saturated heterocycles. The molecule has 0 bridgehead atoms. The van der Waals surface area contributed by atoms with Crippen LogP contribution in [0.4, 0.5) is 11.5 Å². The standard InChI is InChI=1S/C17H20N4O4S/c1-10-8-14(20-25-10)19-17(24)11(2)26-9-15(22)21(3)13-6-4-12(5-7-13)16(18)23/h4-8,11H,9H2,1-3H3,(H2,18,23)(H,19,20,24). The van der Waals surface area contributed by atoms with Gasteiger partial charge in [-0.25, -0.2) is 0 Å². The molecule has 9 heteroatoms. The molecule has 0 fully saturated rings. The Bertz CT molecular complexity index is 803. The second-order valence-corrected chi connectivity index (χ2v) is 6.96. The Morgan fingerprint density at radius 1 is 1.31 bits per heavy atom. The molecule has 3 N–H and O–H groups in total. The van der Waals surface area contributed by atoms with Crippen molar-refractivity contribution in [1.82, 2.24) is 5.16 Å². The number of aromatic nitrogens is 1. The van der Waals surface area contributed by atoms with Crippen LogP contribution in [0.25, 0.3) is 0 Å². The SMILES string of the molecule is Cc1cc(NC(=O)C(C)SCC(=O)N(C)c2ccc(C(N)=O)cc2)no1. The molecule has 1 unspecified atom stereocenters. The van der Waals surface area contributed by atoms with Crippen LogP contribution < -0.4 is 16.0 Å². The number of benzene rings is 1. The number of primary amides is 1. The van der Waals surface area contributed by atoms with Crippen LogP contribution in [0.15, 0.2) is 34.9 Å². The van der Waals surface area contributed by atoms with Gasteiger partial charge in [0.15, 0.2) is 5.82 Å². The van der Waals surface area contributed by atoms with Crippen LogP contribution in [0.2, 0.25) is 0 Å². The zero-order valence-electron chi connectivity index (χ0n) is 14.7. The molecular formula is C17H20N4O4S. The maximum Gasteiger partial charge on any atom is 0.248 e. The summed E-state index contributed by atoms with van der Waals surface area (Å²) in [5, 5.41) is 5.88. The third-order valence-electron chi connectivity index (χ3n) is 3.62. The molecule has 26 heavy (non-hydrogen) atoms. The average Bonchev–Trinajstić information content (AvgIpc) is 3.03. The first-order chi connectivity index (χ1) is 12.3. The van der Waals surface area contributed by atoms with Crippen molar-refractivity contribution in [1.29, 1.82) is 0 Å². The van der Waals surface area contributed by atoms with E-state index in [1.54, 1.807) is 51.2 Å². The van der Waals surface area contributed by atoms with Crippen molar-refractivity contribution >= 4 is 41.0 Å². The molecule has 0 aliphatic heterocycles. The molecular weight excluding hydrogens is 356 g/mol. The smallest absolute Gasteiger partial charge is 0.248 e. The summed E-state index contributed by atoms with van der Waals surface area (Å²) < 4.78 is 4.89. The number of thioether (sulfide) groups is 1. The fourth-order valence-corrected chi connectivity index (χ4v) is 2.81. The lowest BCUT2D eigenvalue weighted by molar-refractivity contribution is -0.116. The minimum atomic E-state index is -0.525. The van der Waals surface area contributed by atoms with Crippen molar-refractivity contribution in [3.8, 4) is 0 Å². The predicted molar refractivity (Wildman–Crippen MR) is 100 cm³/mol. The Morgan fingerprint density at radius 2 is 1.96 bits per heavy atom. The highest BCUT2D eigenvalue weighted by Crippen LogP contribution is 2.18. The Balaban J connectivity index is 1.86. The number of nitrogens with zero attached hydrogens (tertiary/aromatic N) is 2. The van der Waals surface area contributed by atoms with Crippen LogP contribution >= 0.6 is 11.8 Å². The lowest BCUT2D eigenvalue weighted by Crippen LogP contribution is -2.30. The monoisotopic (exact) mass is 376 g/mol. The van der Waals surface area contributed by atoms with Crippen molar-refractivity contribution in [2.75, 3.05) is 23.0 Å². The van der Waals surface area contributed by atoms with Gasteiger partial charge >= 0.3 is 0 Å². The molecule has 8 nitrogen and oxygen atoms in total. The summed E-state index contributed by atoms with van der Waals surface area (Å²) in [6.07, 6.45) is 0. The Kier molecular flexibility index (Phi) is 6.40. The molecule has 0 radical (unpaired) electrons. The number of carbonyl (C=O) groups excluding carboxylic acids is 3. The number of carbonyl (C=O) groups is 3. The van der Waals surface area contributed by atoms with Gasteiger partial charge in [-0.1, -0.05) is 5.16 Å². The molecule has 1 aromatic heterocycles. The summed E-state index contributed by atoms with van der Waals surface area (Å²) in [4.78, 5) is 36.9. The fraction of sp³-hybridized carbons (Fsp3) is 0.294. The van der Waals surface area contributed by atoms with Crippen molar-refractivity contribution in [2.24, 2.45) is 5.73 Å². The van der Waals surface area contributed by atoms with Crippen LogP contribution in [0.1, 0.15) is 23.0 Å². The Hall–Kier alpha value is -2.81. The molecule has 1 aromatic carbocycles. The highest BCUT2D eigenvalue weighted by atomic mass is 32.2. The first-order valence-electron chi connectivity index (χ1n) is 7.80. The van der Waals surface area contributed by atoms with E-state index in [2.05, 4.69) is 10.5 Å². The third-order valence-corrected chi connectivity index (χ3v) is 4.75. The molecule has 0 aliphatic rings. The van der Waals surface area contributed by atoms with E-state index in [1.807, 2.05) is 0 Å². The van der Waals surface area contributed by atoms with Crippen molar-refractivity contribution in [3.05, 3.63) is 41.7 Å². The van der Waals surface area contributed by atoms with Gasteiger partial charge in [0.05, 0.1) is 11.0 Å². The second kappa shape index (κ2) is 8.52. The van der Waals surface area contributed by atoms with E-state index in [0.29, 0.717) is 22.8 Å². The summed E-state index contributed by atoms with van der Waals surface area (Å²) in [7, 11) is 1.63. The summed E-state index contributed by atoms with van der Waals surface area (Å²) in [6.45, 7) is 3.44. The lowest BCUT2D eigenvalue weighted by Gasteiger charge is -2.18. The molecule has 0 aliphatic carbocycles. The van der Waals surface area contributed by atoms with Crippen LogP contribution in [0.5, 0.6) is 0 Å². The zero-order valence-corrected chi connectivity index (χ0v) is 15.5. The van der Waals surface area contributed by atoms with Crippen LogP contribution in [-0.2, 0) is 9.59 Å². The Morgan fingerprint density at radius 3 is 2.50 bits per heavy atom. The summed E-state index contributed by atoms with van der Waals surface area (Å²) >= 11 is 1.21. The third kappa shape index (κ3) is 5.09. The number of anilines is 2. The van der Waals surface area contributed by atoms with Gasteiger partial charge in [-0.05, 0) is 38.1 Å². The van der Waals surface area contributed by atoms with Crippen molar-refractivity contribution < 1.29 is 18.9 Å². The predicted octanol–water partition coefficient (Wildman–Crippen LogP) is 1.81. The number of aryl methyl sites for hydroxylation is 1. The van der Waals surface area contributed by atoms with Gasteiger partial charge in [-0.3, -0.25) is 14.4 Å². The highest BCUT2D eigenvalue weighted by Gasteiger charge is 2.19. The zero-order chi connectivity index (χ0) is 19.3. The molecule has 1 heterocycles. The van der Waals surface area contributed by atoms with Gasteiger partial charge in [-0.15, -0.1) is 11.8 Å². The number of nitrogens with one attached hydrogen (secondary N) is 1.